The Labute approximate surface area is 105 Å². The number of carbonyl (C=O) groups is 2. The molecule has 1 unspecified atom stereocenters. The van der Waals surface area contributed by atoms with Crippen LogP contribution in [-0.2, 0) is 4.79 Å². The summed E-state index contributed by atoms with van der Waals surface area (Å²) in [6, 6.07) is 8.71. The number of hydrogen-bond donors (Lipinski definition) is 2. The summed E-state index contributed by atoms with van der Waals surface area (Å²) in [5, 5.41) is 2.33. The number of benzene rings is 1. The van der Waals surface area contributed by atoms with Gasteiger partial charge in [0.1, 0.15) is 0 Å². The van der Waals surface area contributed by atoms with Crippen LogP contribution in [0.25, 0.3) is 0 Å². The molecule has 3 N–H and O–H groups in total. The minimum absolute atomic E-state index is 0.0534. The Bertz CT molecular complexity index is 379. The van der Waals surface area contributed by atoms with Gasteiger partial charge < -0.3 is 5.73 Å². The van der Waals surface area contributed by atoms with E-state index in [1.807, 2.05) is 13.0 Å². The van der Waals surface area contributed by atoms with Crippen LogP contribution in [0.2, 0.25) is 0 Å². The van der Waals surface area contributed by atoms with Crippen molar-refractivity contribution in [1.29, 1.82) is 0 Å². The van der Waals surface area contributed by atoms with Crippen molar-refractivity contribution in [3.05, 3.63) is 35.9 Å². The van der Waals surface area contributed by atoms with Crippen LogP contribution in [0.5, 0.6) is 0 Å². The molecule has 92 valence electrons. The van der Waals surface area contributed by atoms with Crippen LogP contribution in [0.3, 0.4) is 0 Å². The topological polar surface area (TPSA) is 72.2 Å². The van der Waals surface area contributed by atoms with E-state index in [0.29, 0.717) is 11.3 Å². The van der Waals surface area contributed by atoms with E-state index in [0.717, 1.165) is 0 Å². The molecule has 0 saturated carbocycles. The molecular formula is C12H16N2O2S. The van der Waals surface area contributed by atoms with Gasteiger partial charge in [-0.3, -0.25) is 14.9 Å². The predicted molar refractivity (Wildman–Crippen MR) is 69.9 cm³/mol. The van der Waals surface area contributed by atoms with Crippen LogP contribution in [0.15, 0.2) is 30.3 Å². The first-order valence-electron chi connectivity index (χ1n) is 5.32. The molecule has 0 saturated heterocycles. The first-order chi connectivity index (χ1) is 8.09. The number of amides is 2. The first-order valence-corrected chi connectivity index (χ1v) is 6.47. The summed E-state index contributed by atoms with van der Waals surface area (Å²) in [5.74, 6) is 0.300. The third-order valence-corrected chi connectivity index (χ3v) is 3.13. The summed E-state index contributed by atoms with van der Waals surface area (Å²) >= 11 is 1.42. The molecule has 0 radical (unpaired) electrons. The van der Waals surface area contributed by atoms with E-state index in [9.17, 15) is 9.59 Å². The number of nitrogens with two attached hydrogens (primary N) is 1. The van der Waals surface area contributed by atoms with E-state index in [2.05, 4.69) is 5.32 Å². The Hall–Kier alpha value is -1.33. The SMILES string of the molecule is CC(N)CSCC(=O)NC(=O)c1ccccc1. The van der Waals surface area contributed by atoms with Crippen LogP contribution in [0.1, 0.15) is 17.3 Å². The van der Waals surface area contributed by atoms with E-state index in [4.69, 9.17) is 5.73 Å². The monoisotopic (exact) mass is 252 g/mol. The first kappa shape index (κ1) is 13.7. The van der Waals surface area contributed by atoms with Crippen molar-refractivity contribution in [2.45, 2.75) is 13.0 Å². The summed E-state index contributed by atoms with van der Waals surface area (Å²) in [7, 11) is 0. The maximum atomic E-state index is 11.6. The second-order valence-electron chi connectivity index (χ2n) is 3.74. The third kappa shape index (κ3) is 5.51. The average Bonchev–Trinajstić information content (AvgIpc) is 2.29. The molecule has 2 amide bonds. The normalized spacial score (nSPS) is 11.9. The van der Waals surface area contributed by atoms with Crippen molar-refractivity contribution < 1.29 is 9.59 Å². The molecule has 0 aliphatic rings. The number of imide groups is 1. The fourth-order valence-corrected chi connectivity index (χ4v) is 1.91. The van der Waals surface area contributed by atoms with Crippen molar-refractivity contribution in [3.63, 3.8) is 0 Å². The fourth-order valence-electron chi connectivity index (χ4n) is 1.16. The Morgan fingerprint density at radius 3 is 2.59 bits per heavy atom. The summed E-state index contributed by atoms with van der Waals surface area (Å²) in [4.78, 5) is 23.0. The summed E-state index contributed by atoms with van der Waals surface area (Å²) < 4.78 is 0. The summed E-state index contributed by atoms with van der Waals surface area (Å²) in [5.41, 5.74) is 6.04. The van der Waals surface area contributed by atoms with Crippen molar-refractivity contribution in [3.8, 4) is 0 Å². The molecule has 1 rings (SSSR count). The van der Waals surface area contributed by atoms with Gasteiger partial charge in [0.15, 0.2) is 0 Å². The largest absolute Gasteiger partial charge is 0.327 e. The fraction of sp³-hybridized carbons (Fsp3) is 0.333. The minimum atomic E-state index is -0.364. The van der Waals surface area contributed by atoms with Crippen LogP contribution in [-0.4, -0.2) is 29.4 Å². The zero-order chi connectivity index (χ0) is 12.7. The molecule has 0 aliphatic carbocycles. The molecule has 1 aromatic rings. The lowest BCUT2D eigenvalue weighted by molar-refractivity contribution is -0.117. The molecule has 0 heterocycles. The number of carbonyl (C=O) groups excluding carboxylic acids is 2. The second-order valence-corrected chi connectivity index (χ2v) is 4.77. The van der Waals surface area contributed by atoms with Crippen LogP contribution < -0.4 is 11.1 Å². The van der Waals surface area contributed by atoms with Gasteiger partial charge in [-0.05, 0) is 19.1 Å². The maximum Gasteiger partial charge on any atom is 0.257 e. The van der Waals surface area contributed by atoms with Gasteiger partial charge >= 0.3 is 0 Å². The molecule has 0 fully saturated rings. The average molecular weight is 252 g/mol. The maximum absolute atomic E-state index is 11.6. The van der Waals surface area contributed by atoms with Gasteiger partial charge in [0.25, 0.3) is 5.91 Å². The lowest BCUT2D eigenvalue weighted by Crippen LogP contribution is -2.32. The van der Waals surface area contributed by atoms with Crippen LogP contribution >= 0.6 is 11.8 Å². The highest BCUT2D eigenvalue weighted by molar-refractivity contribution is 8.00. The Kier molecular flexibility index (Phi) is 5.72. The molecule has 17 heavy (non-hydrogen) atoms. The van der Waals surface area contributed by atoms with Gasteiger partial charge in [0, 0.05) is 17.4 Å². The molecule has 0 aliphatic heterocycles. The Morgan fingerprint density at radius 1 is 1.35 bits per heavy atom. The molecule has 0 aromatic heterocycles. The lowest BCUT2D eigenvalue weighted by atomic mass is 10.2. The molecule has 0 spiro atoms. The van der Waals surface area contributed by atoms with Gasteiger partial charge in [-0.2, -0.15) is 11.8 Å². The minimum Gasteiger partial charge on any atom is -0.327 e. The van der Waals surface area contributed by atoms with E-state index in [1.165, 1.54) is 11.8 Å². The lowest BCUT2D eigenvalue weighted by Gasteiger charge is -2.05. The highest BCUT2D eigenvalue weighted by Crippen LogP contribution is 2.02. The smallest absolute Gasteiger partial charge is 0.257 e. The quantitative estimate of drug-likeness (QED) is 0.821. The molecule has 5 heteroatoms. The van der Waals surface area contributed by atoms with E-state index in [1.54, 1.807) is 24.3 Å². The van der Waals surface area contributed by atoms with Crippen LogP contribution in [0, 0.1) is 0 Å². The highest BCUT2D eigenvalue weighted by atomic mass is 32.2. The van der Waals surface area contributed by atoms with E-state index < -0.39 is 0 Å². The Morgan fingerprint density at radius 2 is 2.00 bits per heavy atom. The molecule has 1 atom stereocenters. The van der Waals surface area contributed by atoms with Crippen molar-refractivity contribution in [2.75, 3.05) is 11.5 Å². The van der Waals surface area contributed by atoms with Gasteiger partial charge in [-0.1, -0.05) is 18.2 Å². The van der Waals surface area contributed by atoms with Crippen molar-refractivity contribution in [1.82, 2.24) is 5.32 Å². The van der Waals surface area contributed by atoms with E-state index >= 15 is 0 Å². The molecule has 1 aromatic carbocycles. The zero-order valence-corrected chi connectivity index (χ0v) is 10.5. The number of nitrogens with one attached hydrogen (secondary N) is 1. The number of thioether (sulfide) groups is 1. The Balaban J connectivity index is 2.34. The predicted octanol–water partition coefficient (Wildman–Crippen LogP) is 1.02. The summed E-state index contributed by atoms with van der Waals surface area (Å²) in [6.45, 7) is 1.88. The number of hydrogen-bond acceptors (Lipinski definition) is 4. The number of rotatable bonds is 5. The zero-order valence-electron chi connectivity index (χ0n) is 9.68. The molecule has 4 nitrogen and oxygen atoms in total. The van der Waals surface area contributed by atoms with Crippen LogP contribution in [0.4, 0.5) is 0 Å². The summed E-state index contributed by atoms with van der Waals surface area (Å²) in [6.07, 6.45) is 0. The highest BCUT2D eigenvalue weighted by Gasteiger charge is 2.09. The van der Waals surface area contributed by atoms with Crippen molar-refractivity contribution in [2.24, 2.45) is 5.73 Å². The van der Waals surface area contributed by atoms with E-state index in [-0.39, 0.29) is 23.6 Å². The standard InChI is InChI=1S/C12H16N2O2S/c1-9(13)7-17-8-11(15)14-12(16)10-5-3-2-4-6-10/h2-6,9H,7-8,13H2,1H3,(H,14,15,16). The second kappa shape index (κ2) is 7.09. The van der Waals surface area contributed by atoms with Gasteiger partial charge in [0.05, 0.1) is 5.75 Å². The van der Waals surface area contributed by atoms with Gasteiger partial charge in [-0.25, -0.2) is 0 Å². The van der Waals surface area contributed by atoms with Gasteiger partial charge in [0.2, 0.25) is 5.91 Å². The van der Waals surface area contributed by atoms with Gasteiger partial charge in [-0.15, -0.1) is 0 Å². The molecular weight excluding hydrogens is 236 g/mol. The molecule has 0 bridgehead atoms. The van der Waals surface area contributed by atoms with Crippen molar-refractivity contribution >= 4 is 23.6 Å². The third-order valence-electron chi connectivity index (χ3n) is 1.90.